The van der Waals surface area contributed by atoms with Crippen molar-refractivity contribution in [2.45, 2.75) is 12.8 Å². The van der Waals surface area contributed by atoms with Crippen molar-refractivity contribution in [3.8, 4) is 5.75 Å². The molecular formula is C13H13F3NOPd-. The van der Waals surface area contributed by atoms with E-state index in [0.29, 0.717) is 0 Å². The fourth-order valence-corrected chi connectivity index (χ4v) is 1.83. The molecule has 0 aliphatic carbocycles. The van der Waals surface area contributed by atoms with Gasteiger partial charge >= 0.3 is 6.36 Å². The molecule has 0 fully saturated rings. The first kappa shape index (κ1) is 16.2. The largest absolute Gasteiger partial charge is 0.571 e. The van der Waals surface area contributed by atoms with Gasteiger partial charge in [-0.1, -0.05) is 11.6 Å². The molecule has 0 radical (unpaired) electrons. The third-order valence-electron chi connectivity index (χ3n) is 2.79. The first-order valence-electron chi connectivity index (χ1n) is 5.59. The number of likely N-dealkylation sites (N-methyl/N-ethyl adjacent to an activating group) is 1. The van der Waals surface area contributed by atoms with Crippen molar-refractivity contribution in [1.82, 2.24) is 4.90 Å². The van der Waals surface area contributed by atoms with E-state index in [1.807, 2.05) is 7.05 Å². The number of halogens is 3. The summed E-state index contributed by atoms with van der Waals surface area (Å²) in [7, 11) is 2.03. The van der Waals surface area contributed by atoms with Crippen molar-refractivity contribution in [3.05, 3.63) is 35.9 Å². The van der Waals surface area contributed by atoms with Gasteiger partial charge in [0.05, 0.1) is 0 Å². The number of alkyl halides is 3. The van der Waals surface area contributed by atoms with Crippen LogP contribution in [0, 0.1) is 6.07 Å². The van der Waals surface area contributed by atoms with Gasteiger partial charge in [0.2, 0.25) is 0 Å². The van der Waals surface area contributed by atoms with Crippen molar-refractivity contribution in [2.24, 2.45) is 0 Å². The molecule has 0 aromatic heterocycles. The van der Waals surface area contributed by atoms with E-state index in [4.69, 9.17) is 0 Å². The zero-order valence-corrected chi connectivity index (χ0v) is 11.8. The minimum Gasteiger partial charge on any atom is -0.433 e. The average molecular weight is 363 g/mol. The molecule has 1 aliphatic heterocycles. The standard InChI is InChI=1S/C13H13F3NO.Pd/c1-17-8-6-11(7-9-17)10-2-4-12(5-3-10)18-13(14,15)16;/h2-4,6H,7-9H2,1H3;/q-1;. The van der Waals surface area contributed by atoms with Crippen LogP contribution in [-0.4, -0.2) is 31.4 Å². The van der Waals surface area contributed by atoms with Gasteiger partial charge in [-0.3, -0.25) is 0 Å². The van der Waals surface area contributed by atoms with Gasteiger partial charge < -0.3 is 9.64 Å². The SMILES string of the molecule is CN1CC=C(c2c[c-]c(OC(F)(F)F)cc2)CC1.[Pd]. The summed E-state index contributed by atoms with van der Waals surface area (Å²) < 4.78 is 39.7. The summed E-state index contributed by atoms with van der Waals surface area (Å²) in [6.07, 6.45) is -1.69. The van der Waals surface area contributed by atoms with Crippen LogP contribution in [0.2, 0.25) is 0 Å². The van der Waals surface area contributed by atoms with E-state index in [-0.39, 0.29) is 26.2 Å². The van der Waals surface area contributed by atoms with Crippen LogP contribution in [0.5, 0.6) is 5.75 Å². The van der Waals surface area contributed by atoms with Crippen molar-refractivity contribution in [2.75, 3.05) is 20.1 Å². The normalized spacial score (nSPS) is 16.5. The maximum absolute atomic E-state index is 12.0. The Bertz CT molecular complexity index is 442. The molecule has 0 N–H and O–H groups in total. The number of rotatable bonds is 2. The molecule has 1 heterocycles. The minimum absolute atomic E-state index is 0. The van der Waals surface area contributed by atoms with E-state index < -0.39 is 6.36 Å². The summed E-state index contributed by atoms with van der Waals surface area (Å²) in [5, 5.41) is 0. The Hall–Kier alpha value is -0.828. The van der Waals surface area contributed by atoms with Gasteiger partial charge in [-0.05, 0) is 13.5 Å². The number of hydrogen-bond acceptors (Lipinski definition) is 2. The van der Waals surface area contributed by atoms with Gasteiger partial charge in [0.1, 0.15) is 0 Å². The monoisotopic (exact) mass is 362 g/mol. The molecule has 2 nitrogen and oxygen atoms in total. The van der Waals surface area contributed by atoms with Gasteiger partial charge in [-0.25, -0.2) is 0 Å². The van der Waals surface area contributed by atoms with Gasteiger partial charge in [0.15, 0.2) is 0 Å². The van der Waals surface area contributed by atoms with Crippen LogP contribution >= 0.6 is 0 Å². The maximum Gasteiger partial charge on any atom is 0.571 e. The van der Waals surface area contributed by atoms with Gasteiger partial charge in [-0.15, -0.1) is 30.9 Å². The number of nitrogens with zero attached hydrogens (tertiary/aromatic N) is 1. The van der Waals surface area contributed by atoms with Crippen LogP contribution in [0.15, 0.2) is 24.3 Å². The Labute approximate surface area is 123 Å². The van der Waals surface area contributed by atoms with Crippen LogP contribution in [0.25, 0.3) is 5.57 Å². The van der Waals surface area contributed by atoms with Crippen LogP contribution < -0.4 is 4.74 Å². The van der Waals surface area contributed by atoms with E-state index in [1.165, 1.54) is 12.1 Å². The first-order chi connectivity index (χ1) is 8.44. The Kier molecular flexibility index (Phi) is 5.60. The summed E-state index contributed by atoms with van der Waals surface area (Å²) >= 11 is 0. The molecule has 19 heavy (non-hydrogen) atoms. The van der Waals surface area contributed by atoms with E-state index in [0.717, 1.165) is 30.6 Å². The molecule has 1 aromatic carbocycles. The molecule has 1 aromatic rings. The van der Waals surface area contributed by atoms with Gasteiger partial charge in [0, 0.05) is 39.3 Å². The van der Waals surface area contributed by atoms with Gasteiger partial charge in [-0.2, -0.15) is 12.1 Å². The molecule has 6 heteroatoms. The molecule has 0 saturated carbocycles. The third-order valence-corrected chi connectivity index (χ3v) is 2.79. The molecule has 0 spiro atoms. The minimum atomic E-state index is -4.66. The number of benzene rings is 1. The molecule has 0 unspecified atom stereocenters. The predicted molar refractivity (Wildman–Crippen MR) is 62.1 cm³/mol. The predicted octanol–water partition coefficient (Wildman–Crippen LogP) is 3.10. The van der Waals surface area contributed by atoms with Crippen LogP contribution in [-0.2, 0) is 20.4 Å². The Morgan fingerprint density at radius 3 is 2.53 bits per heavy atom. The topological polar surface area (TPSA) is 12.5 Å². The summed E-state index contributed by atoms with van der Waals surface area (Å²) in [5.41, 5.74) is 2.04. The van der Waals surface area contributed by atoms with Crippen LogP contribution in [0.4, 0.5) is 13.2 Å². The van der Waals surface area contributed by atoms with Crippen molar-refractivity contribution >= 4 is 5.57 Å². The maximum atomic E-state index is 12.0. The molecular weight excluding hydrogens is 350 g/mol. The smallest absolute Gasteiger partial charge is 0.433 e. The van der Waals surface area contributed by atoms with Crippen molar-refractivity contribution < 1.29 is 38.3 Å². The van der Waals surface area contributed by atoms with E-state index in [1.54, 1.807) is 6.07 Å². The second-order valence-corrected chi connectivity index (χ2v) is 4.23. The van der Waals surface area contributed by atoms with Gasteiger partial charge in [0.25, 0.3) is 0 Å². The second-order valence-electron chi connectivity index (χ2n) is 4.23. The third kappa shape index (κ3) is 4.98. The Morgan fingerprint density at radius 2 is 2.05 bits per heavy atom. The molecule has 108 valence electrons. The fourth-order valence-electron chi connectivity index (χ4n) is 1.83. The quantitative estimate of drug-likeness (QED) is 0.592. The van der Waals surface area contributed by atoms with E-state index in [9.17, 15) is 13.2 Å². The second kappa shape index (κ2) is 6.56. The first-order valence-corrected chi connectivity index (χ1v) is 5.59. The van der Waals surface area contributed by atoms with E-state index in [2.05, 4.69) is 21.8 Å². The molecule has 0 saturated heterocycles. The molecule has 0 atom stereocenters. The zero-order valence-electron chi connectivity index (χ0n) is 10.2. The Morgan fingerprint density at radius 1 is 1.32 bits per heavy atom. The van der Waals surface area contributed by atoms with E-state index >= 15 is 0 Å². The summed E-state index contributed by atoms with van der Waals surface area (Å²) in [4.78, 5) is 2.17. The molecule has 0 bridgehead atoms. The average Bonchev–Trinajstić information content (AvgIpc) is 2.29. The number of hydrogen-bond donors (Lipinski definition) is 0. The summed E-state index contributed by atoms with van der Waals surface area (Å²) in [5.74, 6) is -0.306. The van der Waals surface area contributed by atoms with Crippen molar-refractivity contribution in [3.63, 3.8) is 0 Å². The number of ether oxygens (including phenoxy) is 1. The Balaban J connectivity index is 0.00000180. The van der Waals surface area contributed by atoms with Crippen LogP contribution in [0.1, 0.15) is 12.0 Å². The molecule has 0 amide bonds. The molecule has 1 aliphatic rings. The van der Waals surface area contributed by atoms with Crippen LogP contribution in [0.3, 0.4) is 0 Å². The molecule has 2 rings (SSSR count). The van der Waals surface area contributed by atoms with Crippen molar-refractivity contribution in [1.29, 1.82) is 0 Å². The summed E-state index contributed by atoms with van der Waals surface area (Å²) in [6.45, 7) is 1.81. The zero-order chi connectivity index (χ0) is 13.2. The summed E-state index contributed by atoms with van der Waals surface area (Å²) in [6, 6.07) is 6.97. The fraction of sp³-hybridized carbons (Fsp3) is 0.385.